The topological polar surface area (TPSA) is 0 Å². The van der Waals surface area contributed by atoms with E-state index in [2.05, 4.69) is 217 Å². The fraction of sp³-hybridized carbons (Fsp3) is 0.434. The summed E-state index contributed by atoms with van der Waals surface area (Å²) in [5.74, 6) is 1.66. The van der Waals surface area contributed by atoms with Gasteiger partial charge in [-0.1, -0.05) is 115 Å². The molecule has 0 bridgehead atoms. The Hall–Kier alpha value is -2.31. The van der Waals surface area contributed by atoms with Crippen LogP contribution in [0.2, 0.25) is 0 Å². The quantitative estimate of drug-likeness (QED) is 0.269. The molecule has 2 aromatic rings. The molecule has 0 N–H and O–H groups in total. The molecule has 0 amide bonds. The normalized spacial score (nSPS) is 36.1. The molecular weight excluding hydrogens is 799 g/mol. The second kappa shape index (κ2) is 16.7. The van der Waals surface area contributed by atoms with E-state index in [1.807, 2.05) is 12.2 Å². The zero-order chi connectivity index (χ0) is 39.4. The molecule has 8 unspecified atom stereocenters. The van der Waals surface area contributed by atoms with Crippen LogP contribution >= 0.6 is 24.8 Å². The number of rotatable bonds is 4. The van der Waals surface area contributed by atoms with Gasteiger partial charge in [0.2, 0.25) is 0 Å². The van der Waals surface area contributed by atoms with Crippen LogP contribution in [-0.2, 0) is 24.2 Å². The van der Waals surface area contributed by atoms with Gasteiger partial charge in [-0.05, 0) is 28.6 Å². The summed E-state index contributed by atoms with van der Waals surface area (Å²) in [6.45, 7) is 29.3. The van der Waals surface area contributed by atoms with Crippen molar-refractivity contribution in [3.63, 3.8) is 0 Å². The number of fused-ring (bicyclic) bond motifs is 8. The van der Waals surface area contributed by atoms with Gasteiger partial charge in [0.1, 0.15) is 0 Å². The molecule has 0 radical (unpaired) electrons. The minimum atomic E-state index is 0. The summed E-state index contributed by atoms with van der Waals surface area (Å²) < 4.78 is 1.43. The van der Waals surface area contributed by atoms with Gasteiger partial charge in [0.15, 0.2) is 0 Å². The number of hydrogen-bond donors (Lipinski definition) is 0. The fourth-order valence-corrected chi connectivity index (χ4v) is 12.6. The summed E-state index contributed by atoms with van der Waals surface area (Å²) in [7, 11) is 0. The Morgan fingerprint density at radius 1 is 0.643 bits per heavy atom. The summed E-state index contributed by atoms with van der Waals surface area (Å²) in [6.07, 6.45) is 39.3. The monoisotopic (exact) mass is 862 g/mol. The molecule has 8 rings (SSSR count). The van der Waals surface area contributed by atoms with E-state index in [9.17, 15) is 0 Å². The molecule has 8 atom stereocenters. The molecule has 6 aliphatic carbocycles. The van der Waals surface area contributed by atoms with Gasteiger partial charge in [-0.15, -0.1) is 48.6 Å². The maximum Gasteiger partial charge on any atom is 0.00455 e. The third-order valence-corrected chi connectivity index (χ3v) is 17.8. The predicted octanol–water partition coefficient (Wildman–Crippen LogP) is 14.8. The number of hydrogen-bond acceptors (Lipinski definition) is 0. The Balaban J connectivity index is 0.000000225. The maximum absolute atomic E-state index is 2.99. The molecule has 0 aromatic heterocycles. The Morgan fingerprint density at radius 2 is 1.09 bits per heavy atom. The molecule has 6 aliphatic rings. The molecule has 0 spiro atoms. The van der Waals surface area contributed by atoms with Gasteiger partial charge in [0.25, 0.3) is 0 Å². The minimum Gasteiger partial charge on any atom is -0.314 e. The van der Waals surface area contributed by atoms with Crippen LogP contribution in [0, 0.1) is 56.3 Å². The van der Waals surface area contributed by atoms with Crippen LogP contribution < -0.4 is 0 Å². The molecule has 0 heterocycles. The van der Waals surface area contributed by atoms with Crippen LogP contribution in [0.25, 0.3) is 0 Å². The zero-order valence-electron chi connectivity index (χ0n) is 36.0. The molecule has 56 heavy (non-hydrogen) atoms. The van der Waals surface area contributed by atoms with Crippen molar-refractivity contribution in [1.29, 1.82) is 0 Å². The van der Waals surface area contributed by atoms with Crippen molar-refractivity contribution in [3.05, 3.63) is 174 Å². The molecular formula is C53H66Cl2Zr. The molecule has 3 heteroatoms. The molecule has 0 saturated heterocycles. The Bertz CT molecular complexity index is 1940. The summed E-state index contributed by atoms with van der Waals surface area (Å²) in [5.41, 5.74) is 7.26. The van der Waals surface area contributed by atoms with E-state index < -0.39 is 0 Å². The van der Waals surface area contributed by atoms with Crippen LogP contribution in [-0.4, -0.2) is 3.21 Å². The number of benzene rings is 2. The van der Waals surface area contributed by atoms with Crippen molar-refractivity contribution in [3.8, 4) is 0 Å². The van der Waals surface area contributed by atoms with Gasteiger partial charge in [0, 0.05) is 10.8 Å². The van der Waals surface area contributed by atoms with Crippen molar-refractivity contribution in [2.24, 2.45) is 43.8 Å². The number of allylic oxidation sites excluding steroid dienone is 16. The van der Waals surface area contributed by atoms with Crippen molar-refractivity contribution in [1.82, 2.24) is 0 Å². The van der Waals surface area contributed by atoms with Gasteiger partial charge in [0.05, 0.1) is 0 Å². The van der Waals surface area contributed by atoms with Gasteiger partial charge in [-0.2, -0.15) is 6.08 Å². The fourth-order valence-electron chi connectivity index (χ4n) is 11.8. The van der Waals surface area contributed by atoms with E-state index in [1.165, 1.54) is 55.3 Å². The van der Waals surface area contributed by atoms with E-state index in [1.54, 1.807) is 0 Å². The zero-order valence-corrected chi connectivity index (χ0v) is 40.1. The van der Waals surface area contributed by atoms with Crippen molar-refractivity contribution >= 4 is 28.0 Å². The number of halogens is 2. The van der Waals surface area contributed by atoms with E-state index in [4.69, 9.17) is 0 Å². The van der Waals surface area contributed by atoms with Gasteiger partial charge < -0.3 is 6.42 Å². The molecule has 2 fully saturated rings. The molecule has 296 valence electrons. The summed E-state index contributed by atoms with van der Waals surface area (Å²) in [6, 6.07) is 18.1. The van der Waals surface area contributed by atoms with Crippen molar-refractivity contribution in [2.45, 2.75) is 101 Å². The van der Waals surface area contributed by atoms with Crippen molar-refractivity contribution in [2.75, 3.05) is 0 Å². The first-order valence-electron chi connectivity index (χ1n) is 20.4. The summed E-state index contributed by atoms with van der Waals surface area (Å²) in [4.78, 5) is 0. The Kier molecular flexibility index (Phi) is 13.9. The summed E-state index contributed by atoms with van der Waals surface area (Å²) >= 11 is 1.47. The first kappa shape index (κ1) is 46.4. The third kappa shape index (κ3) is 6.52. The van der Waals surface area contributed by atoms with Crippen LogP contribution in [0.5, 0.6) is 0 Å². The maximum atomic E-state index is 2.99. The van der Waals surface area contributed by atoms with Crippen LogP contribution in [0.4, 0.5) is 0 Å². The van der Waals surface area contributed by atoms with Gasteiger partial charge >= 0.3 is 138 Å². The van der Waals surface area contributed by atoms with Gasteiger partial charge in [-0.3, -0.25) is 6.08 Å². The second-order valence-electron chi connectivity index (χ2n) is 18.6. The molecule has 2 aromatic carbocycles. The first-order chi connectivity index (χ1) is 25.4. The van der Waals surface area contributed by atoms with E-state index in [0.717, 1.165) is 6.42 Å². The molecule has 0 aliphatic heterocycles. The Morgan fingerprint density at radius 3 is 1.50 bits per heavy atom. The van der Waals surface area contributed by atoms with E-state index >= 15 is 0 Å². The average molecular weight is 865 g/mol. The largest absolute Gasteiger partial charge is 0.314 e. The first-order valence-corrected chi connectivity index (χ1v) is 21.6. The average Bonchev–Trinajstić information content (AvgIpc) is 3.81. The smallest absolute Gasteiger partial charge is 0.00455 e. The third-order valence-electron chi connectivity index (χ3n) is 16.4. The molecule has 2 saturated carbocycles. The van der Waals surface area contributed by atoms with Crippen LogP contribution in [0.3, 0.4) is 0 Å². The Labute approximate surface area is 368 Å². The standard InChI is InChI=1S/C29H37.C19H22.C5H5.2ClH.Zr/c1-21-14-13-15-22-20-27(6)25(4)18-10-9-16-23(25,2)24(3)17-11-12-19-26(24,5)29(27,8)28(21,22)7;1-14(2)18-9-5-16(6-10-18)13-17-7-11-19(12-8-17)15(3)4;1-2-4-5-3-1;;;/h9-20,22H,1-8H3;5-12,14-15H,1-4H3;1-3H,4H2;2*1H;/q-1;;-1;;;+2. The second-order valence-corrected chi connectivity index (χ2v) is 19.9. The van der Waals surface area contributed by atoms with Crippen LogP contribution in [0.15, 0.2) is 139 Å². The minimum absolute atomic E-state index is 0. The SMILES string of the molecule is CC(C)c1ccc([C](=[Zr+2])c2ccc(C(C)C)cc2)cc1.CC1=CC=CC2[CH-]C3(C)C4(C)C=CC=CC4(C)C4(C)C=CC=CC4(C)C3(C)C12C.Cl.Cl.[C-]1=CC=CC1. The van der Waals surface area contributed by atoms with Gasteiger partial charge in [-0.25, -0.2) is 12.2 Å². The molecule has 0 nitrogen and oxygen atoms in total. The van der Waals surface area contributed by atoms with Crippen molar-refractivity contribution < 1.29 is 24.2 Å². The predicted molar refractivity (Wildman–Crippen MR) is 244 cm³/mol. The van der Waals surface area contributed by atoms with Crippen LogP contribution in [0.1, 0.15) is 124 Å². The van der Waals surface area contributed by atoms with E-state index in [-0.39, 0.29) is 62.7 Å². The van der Waals surface area contributed by atoms with E-state index in [0.29, 0.717) is 17.8 Å². The summed E-state index contributed by atoms with van der Waals surface area (Å²) in [5, 5.41) is 0.